The van der Waals surface area contributed by atoms with Gasteiger partial charge in [-0.15, -0.1) is 0 Å². The van der Waals surface area contributed by atoms with Gasteiger partial charge in [0.25, 0.3) is 0 Å². The highest BCUT2D eigenvalue weighted by Gasteiger charge is 2.27. The van der Waals surface area contributed by atoms with Gasteiger partial charge in [0.2, 0.25) is 0 Å². The van der Waals surface area contributed by atoms with Crippen molar-refractivity contribution >= 4 is 11.8 Å². The topological polar surface area (TPSA) is 12.0 Å². The molecule has 0 bridgehead atoms. The van der Waals surface area contributed by atoms with Crippen LogP contribution in [-0.4, -0.2) is 23.6 Å². The molecule has 0 heterocycles. The SMILES string of the molecule is CSC1CCC(NC2CCCC(C)(C)CC2)CC1. The summed E-state index contributed by atoms with van der Waals surface area (Å²) in [6, 6.07) is 1.63. The van der Waals surface area contributed by atoms with Gasteiger partial charge in [-0.1, -0.05) is 20.3 Å². The van der Waals surface area contributed by atoms with Gasteiger partial charge in [-0.05, 0) is 63.0 Å². The summed E-state index contributed by atoms with van der Waals surface area (Å²) in [7, 11) is 0. The second-order valence-corrected chi connectivity index (χ2v) is 8.31. The van der Waals surface area contributed by atoms with Gasteiger partial charge < -0.3 is 5.32 Å². The molecule has 2 saturated carbocycles. The van der Waals surface area contributed by atoms with Crippen LogP contribution in [0.25, 0.3) is 0 Å². The summed E-state index contributed by atoms with van der Waals surface area (Å²) in [5.41, 5.74) is 0.590. The van der Waals surface area contributed by atoms with E-state index in [1.807, 2.05) is 0 Å². The Kier molecular flexibility index (Phi) is 5.44. The minimum Gasteiger partial charge on any atom is -0.311 e. The highest BCUT2D eigenvalue weighted by Crippen LogP contribution is 2.34. The molecule has 1 N–H and O–H groups in total. The van der Waals surface area contributed by atoms with Crippen molar-refractivity contribution in [3.05, 3.63) is 0 Å². The average molecular weight is 269 g/mol. The molecule has 1 unspecified atom stereocenters. The molecule has 0 amide bonds. The quantitative estimate of drug-likeness (QED) is 0.751. The fourth-order valence-corrected chi connectivity index (χ4v) is 4.37. The fraction of sp³-hybridized carbons (Fsp3) is 1.00. The molecule has 2 heteroatoms. The van der Waals surface area contributed by atoms with Crippen LogP contribution in [0, 0.1) is 5.41 Å². The summed E-state index contributed by atoms with van der Waals surface area (Å²) < 4.78 is 0. The normalized spacial score (nSPS) is 37.2. The first kappa shape index (κ1) is 14.7. The maximum Gasteiger partial charge on any atom is 0.00704 e. The molecule has 2 fully saturated rings. The summed E-state index contributed by atoms with van der Waals surface area (Å²) in [6.07, 6.45) is 15.0. The van der Waals surface area contributed by atoms with Crippen LogP contribution in [0.15, 0.2) is 0 Å². The Morgan fingerprint density at radius 1 is 0.889 bits per heavy atom. The van der Waals surface area contributed by atoms with Crippen molar-refractivity contribution in [1.82, 2.24) is 5.32 Å². The molecule has 0 aliphatic heterocycles. The van der Waals surface area contributed by atoms with Crippen LogP contribution < -0.4 is 5.32 Å². The van der Waals surface area contributed by atoms with Crippen molar-refractivity contribution in [1.29, 1.82) is 0 Å². The third-order valence-electron chi connectivity index (χ3n) is 5.05. The molecule has 1 atom stereocenters. The van der Waals surface area contributed by atoms with Crippen molar-refractivity contribution < 1.29 is 0 Å². The molecule has 18 heavy (non-hydrogen) atoms. The second kappa shape index (κ2) is 6.65. The molecule has 2 aliphatic carbocycles. The number of thioether (sulfide) groups is 1. The van der Waals surface area contributed by atoms with Gasteiger partial charge in [-0.2, -0.15) is 11.8 Å². The molecule has 2 rings (SSSR count). The fourth-order valence-electron chi connectivity index (χ4n) is 3.63. The molecule has 2 aliphatic rings. The highest BCUT2D eigenvalue weighted by atomic mass is 32.2. The Balaban J connectivity index is 1.73. The average Bonchev–Trinajstić information content (AvgIpc) is 2.52. The maximum absolute atomic E-state index is 3.97. The van der Waals surface area contributed by atoms with E-state index in [9.17, 15) is 0 Å². The smallest absolute Gasteiger partial charge is 0.00704 e. The zero-order valence-electron chi connectivity index (χ0n) is 12.5. The number of hydrogen-bond donors (Lipinski definition) is 1. The van der Waals surface area contributed by atoms with E-state index in [1.165, 1.54) is 57.8 Å². The number of nitrogens with one attached hydrogen (secondary N) is 1. The first-order valence-electron chi connectivity index (χ1n) is 7.88. The first-order valence-corrected chi connectivity index (χ1v) is 9.17. The lowest BCUT2D eigenvalue weighted by atomic mass is 9.85. The zero-order valence-corrected chi connectivity index (χ0v) is 13.3. The summed E-state index contributed by atoms with van der Waals surface area (Å²) in [5.74, 6) is 0. The monoisotopic (exact) mass is 269 g/mol. The third kappa shape index (κ3) is 4.45. The Labute approximate surface area is 118 Å². The molecular formula is C16H31NS. The first-order chi connectivity index (χ1) is 8.59. The molecule has 0 aromatic carbocycles. The second-order valence-electron chi connectivity index (χ2n) is 7.17. The van der Waals surface area contributed by atoms with Crippen LogP contribution in [-0.2, 0) is 0 Å². The molecular weight excluding hydrogens is 238 g/mol. The molecule has 0 aromatic heterocycles. The molecule has 0 saturated heterocycles. The minimum atomic E-state index is 0.590. The van der Waals surface area contributed by atoms with E-state index < -0.39 is 0 Å². The van der Waals surface area contributed by atoms with Crippen molar-refractivity contribution in [3.8, 4) is 0 Å². The van der Waals surface area contributed by atoms with E-state index >= 15 is 0 Å². The van der Waals surface area contributed by atoms with Crippen LogP contribution in [0.4, 0.5) is 0 Å². The number of rotatable bonds is 3. The van der Waals surface area contributed by atoms with E-state index in [2.05, 4.69) is 37.2 Å². The van der Waals surface area contributed by atoms with Crippen molar-refractivity contribution in [2.75, 3.05) is 6.26 Å². The highest BCUT2D eigenvalue weighted by molar-refractivity contribution is 7.99. The van der Waals surface area contributed by atoms with Crippen LogP contribution in [0.1, 0.15) is 71.6 Å². The predicted octanol–water partition coefficient (Wildman–Crippen LogP) is 4.61. The van der Waals surface area contributed by atoms with Crippen LogP contribution in [0.2, 0.25) is 0 Å². The molecule has 0 spiro atoms. The molecule has 0 aromatic rings. The molecule has 0 radical (unpaired) electrons. The van der Waals surface area contributed by atoms with Gasteiger partial charge in [0, 0.05) is 17.3 Å². The van der Waals surface area contributed by atoms with E-state index in [4.69, 9.17) is 0 Å². The standard InChI is InChI=1S/C16H31NS/c1-16(2)11-4-5-13(10-12-16)17-14-6-8-15(18-3)9-7-14/h13-15,17H,4-12H2,1-3H3. The van der Waals surface area contributed by atoms with E-state index in [-0.39, 0.29) is 0 Å². The minimum absolute atomic E-state index is 0.590. The van der Waals surface area contributed by atoms with Crippen molar-refractivity contribution in [3.63, 3.8) is 0 Å². The lowest BCUT2D eigenvalue weighted by Gasteiger charge is -2.31. The molecule has 106 valence electrons. The Morgan fingerprint density at radius 2 is 1.56 bits per heavy atom. The number of hydrogen-bond acceptors (Lipinski definition) is 2. The lowest BCUT2D eigenvalue weighted by molar-refractivity contribution is 0.296. The van der Waals surface area contributed by atoms with Gasteiger partial charge >= 0.3 is 0 Å². The van der Waals surface area contributed by atoms with Crippen molar-refractivity contribution in [2.24, 2.45) is 5.41 Å². The van der Waals surface area contributed by atoms with Gasteiger partial charge in [-0.3, -0.25) is 0 Å². The zero-order chi connectivity index (χ0) is 13.0. The van der Waals surface area contributed by atoms with E-state index in [1.54, 1.807) is 0 Å². The Hall–Kier alpha value is 0.310. The summed E-state index contributed by atoms with van der Waals surface area (Å²) in [5, 5.41) is 4.91. The van der Waals surface area contributed by atoms with Crippen LogP contribution in [0.3, 0.4) is 0 Å². The van der Waals surface area contributed by atoms with Crippen LogP contribution in [0.5, 0.6) is 0 Å². The maximum atomic E-state index is 3.97. The lowest BCUT2D eigenvalue weighted by Crippen LogP contribution is -2.40. The Bertz CT molecular complexity index is 243. The molecule has 1 nitrogen and oxygen atoms in total. The van der Waals surface area contributed by atoms with Gasteiger partial charge in [0.05, 0.1) is 0 Å². The van der Waals surface area contributed by atoms with E-state index in [0.717, 1.165) is 17.3 Å². The summed E-state index contributed by atoms with van der Waals surface area (Å²) in [6.45, 7) is 4.89. The largest absolute Gasteiger partial charge is 0.311 e. The van der Waals surface area contributed by atoms with Gasteiger partial charge in [0.1, 0.15) is 0 Å². The predicted molar refractivity (Wildman–Crippen MR) is 83.3 cm³/mol. The van der Waals surface area contributed by atoms with E-state index in [0.29, 0.717) is 5.41 Å². The third-order valence-corrected chi connectivity index (χ3v) is 6.19. The van der Waals surface area contributed by atoms with Crippen LogP contribution >= 0.6 is 11.8 Å². The van der Waals surface area contributed by atoms with Crippen molar-refractivity contribution in [2.45, 2.75) is 89.0 Å². The summed E-state index contributed by atoms with van der Waals surface area (Å²) in [4.78, 5) is 0. The van der Waals surface area contributed by atoms with Gasteiger partial charge in [0.15, 0.2) is 0 Å². The Morgan fingerprint density at radius 3 is 2.22 bits per heavy atom. The summed E-state index contributed by atoms with van der Waals surface area (Å²) >= 11 is 2.07. The van der Waals surface area contributed by atoms with Gasteiger partial charge in [-0.25, -0.2) is 0 Å².